The average molecular weight is 463 g/mol. The predicted octanol–water partition coefficient (Wildman–Crippen LogP) is 4.31. The molecule has 4 aromatic heterocycles. The maximum atomic E-state index is 4.73. The molecule has 4 heterocycles. The van der Waals surface area contributed by atoms with Crippen molar-refractivity contribution in [2.45, 2.75) is 19.3 Å². The first kappa shape index (κ1) is 19.9. The van der Waals surface area contributed by atoms with Gasteiger partial charge in [-0.15, -0.1) is 22.7 Å². The fourth-order valence-electron chi connectivity index (χ4n) is 2.25. The largest absolute Gasteiger partial charge is 1.00 e. The molecule has 0 aliphatic rings. The van der Waals surface area contributed by atoms with Crippen LogP contribution in [0.25, 0.3) is 0 Å². The zero-order valence-corrected chi connectivity index (χ0v) is 17.8. The van der Waals surface area contributed by atoms with Gasteiger partial charge in [0.1, 0.15) is 10.9 Å². The van der Waals surface area contributed by atoms with Crippen molar-refractivity contribution in [1.82, 2.24) is 19.9 Å². The molecule has 4 rings (SSSR count). The summed E-state index contributed by atoms with van der Waals surface area (Å²) in [7, 11) is 0. The van der Waals surface area contributed by atoms with E-state index in [1.165, 1.54) is 22.7 Å². The third-order valence-electron chi connectivity index (χ3n) is 3.79. The van der Waals surface area contributed by atoms with Crippen LogP contribution in [-0.4, -0.2) is 15.0 Å². The molecule has 0 aromatic carbocycles. The summed E-state index contributed by atoms with van der Waals surface area (Å²) in [6.07, 6.45) is 3.50. The molecule has 0 radical (unpaired) electrons. The third-order valence-corrected chi connectivity index (χ3v) is 5.94. The fraction of sp³-hybridized carbons (Fsp3) is 0.176. The third kappa shape index (κ3) is 4.53. The van der Waals surface area contributed by atoms with Crippen molar-refractivity contribution in [3.8, 4) is 0 Å². The average Bonchev–Trinajstić information content (AvgIpc) is 3.38. The number of thiazole rings is 3. The Balaban J connectivity index is 0.00000210. The van der Waals surface area contributed by atoms with Crippen molar-refractivity contribution in [2.24, 2.45) is 4.99 Å². The quantitative estimate of drug-likeness (QED) is 0.447. The molecule has 0 fully saturated rings. The Morgan fingerprint density at radius 1 is 1.07 bits per heavy atom. The minimum atomic E-state index is -0.312. The van der Waals surface area contributed by atoms with Crippen molar-refractivity contribution in [1.29, 1.82) is 0 Å². The first-order valence-corrected chi connectivity index (χ1v) is 10.5. The summed E-state index contributed by atoms with van der Waals surface area (Å²) in [5.74, 6) is 0.782. The topological polar surface area (TPSA) is 77.2 Å². The van der Waals surface area contributed by atoms with E-state index < -0.39 is 0 Å². The van der Waals surface area contributed by atoms with E-state index in [1.54, 1.807) is 23.7 Å². The molecule has 142 valence electrons. The number of nitrogens with zero attached hydrogens (tertiary/aromatic N) is 5. The van der Waals surface area contributed by atoms with Gasteiger partial charge in [0.05, 0.1) is 5.69 Å². The molecule has 1 N–H and O–H groups in total. The molecule has 0 aliphatic heterocycles. The molecule has 10 heteroatoms. The Bertz CT molecular complexity index is 1050. The number of aromatic nitrogens is 4. The predicted molar refractivity (Wildman–Crippen MR) is 107 cm³/mol. The van der Waals surface area contributed by atoms with E-state index in [0.29, 0.717) is 4.80 Å². The van der Waals surface area contributed by atoms with E-state index in [0.717, 1.165) is 27.5 Å². The van der Waals surface area contributed by atoms with Crippen LogP contribution in [0.5, 0.6) is 0 Å². The zero-order valence-electron chi connectivity index (χ0n) is 14.4. The van der Waals surface area contributed by atoms with Crippen LogP contribution >= 0.6 is 34.0 Å². The van der Waals surface area contributed by atoms with E-state index in [1.807, 2.05) is 29.0 Å². The second-order valence-corrected chi connectivity index (χ2v) is 8.51. The van der Waals surface area contributed by atoms with Gasteiger partial charge in [0.2, 0.25) is 0 Å². The van der Waals surface area contributed by atoms with Crippen molar-refractivity contribution in [3.05, 3.63) is 62.9 Å². The van der Waals surface area contributed by atoms with Crippen molar-refractivity contribution in [2.75, 3.05) is 5.32 Å². The minimum absolute atomic E-state index is 0. The second kappa shape index (κ2) is 8.45. The van der Waals surface area contributed by atoms with Gasteiger partial charge in [-0.25, -0.2) is 15.0 Å². The van der Waals surface area contributed by atoms with Crippen molar-refractivity contribution < 1.29 is 17.1 Å². The first-order valence-electron chi connectivity index (χ1n) is 7.82. The first-order chi connectivity index (χ1) is 12.6. The van der Waals surface area contributed by atoms with Crippen molar-refractivity contribution in [3.63, 3.8) is 0 Å². The molecular formula is C17H15CuN6S3. The molecule has 0 unspecified atom stereocenters. The summed E-state index contributed by atoms with van der Waals surface area (Å²) in [5, 5.41) is 10.8. The Kier molecular flexibility index (Phi) is 6.23. The number of rotatable bonds is 5. The van der Waals surface area contributed by atoms with Gasteiger partial charge in [-0.05, 0) is 23.2 Å². The van der Waals surface area contributed by atoms with E-state index >= 15 is 0 Å². The van der Waals surface area contributed by atoms with Crippen LogP contribution in [0.15, 0.2) is 51.7 Å². The Hall–Kier alpha value is -1.84. The second-order valence-electron chi connectivity index (χ2n) is 5.94. The van der Waals surface area contributed by atoms with Crippen LogP contribution in [-0.2, 0) is 22.5 Å². The van der Waals surface area contributed by atoms with Crippen LogP contribution in [0.4, 0.5) is 16.1 Å². The standard InChI is InChI=1S/C17H15N6S3.Cu/c1-17(2,12-10-26-16(21-12)23-14-19-7-8-24-14)11-9-25-15(20-11)22-13-5-3-4-6-18-13;/h3-10H,1-2H3,(H-,18,19,20,21,22,23);/q-1;+1. The van der Waals surface area contributed by atoms with E-state index in [-0.39, 0.29) is 22.5 Å². The molecule has 6 nitrogen and oxygen atoms in total. The van der Waals surface area contributed by atoms with E-state index in [4.69, 9.17) is 4.98 Å². The Morgan fingerprint density at radius 3 is 2.70 bits per heavy atom. The molecule has 0 spiro atoms. The molecule has 4 aromatic rings. The van der Waals surface area contributed by atoms with Gasteiger partial charge in [-0.1, -0.05) is 19.9 Å². The van der Waals surface area contributed by atoms with Gasteiger partial charge in [0.25, 0.3) is 0 Å². The summed E-state index contributed by atoms with van der Waals surface area (Å²) in [4.78, 5) is 23.0. The molecule has 27 heavy (non-hydrogen) atoms. The van der Waals surface area contributed by atoms with Gasteiger partial charge in [-0.2, -0.15) is 11.3 Å². The molecule has 0 bridgehead atoms. The summed E-state index contributed by atoms with van der Waals surface area (Å²) in [5.41, 5.74) is 1.60. The van der Waals surface area contributed by atoms with Crippen LogP contribution < -0.4 is 15.1 Å². The smallest absolute Gasteiger partial charge is 0.429 e. The summed E-state index contributed by atoms with van der Waals surface area (Å²) in [6, 6.07) is 5.74. The van der Waals surface area contributed by atoms with E-state index in [2.05, 4.69) is 44.5 Å². The monoisotopic (exact) mass is 462 g/mol. The number of nitrogens with one attached hydrogen (secondary N) is 1. The van der Waals surface area contributed by atoms with Crippen LogP contribution in [0, 0.1) is 0 Å². The zero-order chi connectivity index (χ0) is 18.0. The van der Waals surface area contributed by atoms with Crippen LogP contribution in [0.1, 0.15) is 25.2 Å². The number of hydrogen-bond donors (Lipinski definition) is 1. The SMILES string of the molecule is CC(C)(c1csc(Nc2ccccn2)n1)c1cs/c(=N/c2nccs2)[n-]1.[Cu+]. The molecule has 0 saturated heterocycles. The number of pyridine rings is 1. The molecular weight excluding hydrogens is 448 g/mol. The van der Waals surface area contributed by atoms with E-state index in [9.17, 15) is 0 Å². The molecule has 0 atom stereocenters. The van der Waals surface area contributed by atoms with Crippen LogP contribution in [0.3, 0.4) is 0 Å². The van der Waals surface area contributed by atoms with Gasteiger partial charge in [0, 0.05) is 33.4 Å². The van der Waals surface area contributed by atoms with Crippen LogP contribution in [0.2, 0.25) is 0 Å². The summed E-state index contributed by atoms with van der Waals surface area (Å²) < 4.78 is 0. The maximum Gasteiger partial charge on any atom is 1.00 e. The van der Waals surface area contributed by atoms with Crippen molar-refractivity contribution >= 4 is 50.1 Å². The fourth-order valence-corrected chi connectivity index (χ4v) is 4.55. The Labute approximate surface area is 179 Å². The minimum Gasteiger partial charge on any atom is -0.429 e. The van der Waals surface area contributed by atoms with Gasteiger partial charge in [0.15, 0.2) is 5.13 Å². The number of hydrogen-bond acceptors (Lipinski definition) is 8. The maximum absolute atomic E-state index is 4.73. The van der Waals surface area contributed by atoms with Gasteiger partial charge in [-0.3, -0.25) is 0 Å². The summed E-state index contributed by atoms with van der Waals surface area (Å²) >= 11 is 4.57. The normalized spacial score (nSPS) is 12.0. The van der Waals surface area contributed by atoms with Gasteiger partial charge >= 0.3 is 17.1 Å². The molecule has 0 aliphatic carbocycles. The Morgan fingerprint density at radius 2 is 1.96 bits per heavy atom. The molecule has 0 amide bonds. The summed E-state index contributed by atoms with van der Waals surface area (Å²) in [6.45, 7) is 4.24. The number of anilines is 2. The van der Waals surface area contributed by atoms with Gasteiger partial charge < -0.3 is 15.3 Å². The molecule has 0 saturated carbocycles.